The van der Waals surface area contributed by atoms with E-state index >= 15 is 0 Å². The topological polar surface area (TPSA) is 57.5 Å². The average molecular weight is 263 g/mol. The van der Waals surface area contributed by atoms with Crippen LogP contribution in [0.3, 0.4) is 0 Å². The van der Waals surface area contributed by atoms with Gasteiger partial charge >= 0.3 is 5.97 Å². The Bertz CT molecular complexity index is 598. The maximum absolute atomic E-state index is 12.4. The smallest absolute Gasteiger partial charge is 0.343 e. The number of aromatic nitrogens is 1. The molecule has 2 aliphatic rings. The van der Waals surface area contributed by atoms with E-state index in [1.165, 1.54) is 7.11 Å². The van der Waals surface area contributed by atoms with E-state index in [-0.39, 0.29) is 12.2 Å². The van der Waals surface area contributed by atoms with E-state index in [1.807, 2.05) is 13.0 Å². The van der Waals surface area contributed by atoms with Gasteiger partial charge in [0, 0.05) is 24.9 Å². The Kier molecular flexibility index (Phi) is 2.74. The third-order valence-electron chi connectivity index (χ3n) is 4.26. The van der Waals surface area contributed by atoms with Gasteiger partial charge in [-0.05, 0) is 25.3 Å². The van der Waals surface area contributed by atoms with Gasteiger partial charge in [0.1, 0.15) is 6.61 Å². The van der Waals surface area contributed by atoms with Crippen molar-refractivity contribution in [1.29, 1.82) is 0 Å². The molecule has 3 rings (SSSR count). The lowest BCUT2D eigenvalue weighted by molar-refractivity contribution is -0.176. The van der Waals surface area contributed by atoms with Crippen molar-refractivity contribution in [2.75, 3.05) is 7.11 Å². The summed E-state index contributed by atoms with van der Waals surface area (Å²) in [7, 11) is 1.49. The molecule has 0 aliphatic carbocycles. The van der Waals surface area contributed by atoms with E-state index in [2.05, 4.69) is 0 Å². The van der Waals surface area contributed by atoms with Gasteiger partial charge in [-0.1, -0.05) is 6.92 Å². The Morgan fingerprint density at radius 3 is 2.95 bits per heavy atom. The number of ether oxygens (including phenoxy) is 2. The molecule has 0 amide bonds. The number of hydrogen-bond donors (Lipinski definition) is 0. The normalized spacial score (nSPS) is 24.8. The number of esters is 1. The third kappa shape index (κ3) is 1.51. The standard InChI is InChI=1S/C14H17NO4/c1-3-14(18-2)11-7-9-5-4-6-15(9)12(16)10(11)8-19-13(14)17/h7H,3-6,8H2,1-2H3. The van der Waals surface area contributed by atoms with E-state index in [0.717, 1.165) is 25.1 Å². The SMILES string of the molecule is CCC1(OC)C(=O)OCc2c1cc1n(c2=O)CCC1. The predicted octanol–water partition coefficient (Wildman–Crippen LogP) is 1.10. The van der Waals surface area contributed by atoms with E-state index in [4.69, 9.17) is 9.47 Å². The van der Waals surface area contributed by atoms with Gasteiger partial charge in [0.2, 0.25) is 0 Å². The van der Waals surface area contributed by atoms with Gasteiger partial charge < -0.3 is 14.0 Å². The average Bonchev–Trinajstić information content (AvgIpc) is 2.88. The predicted molar refractivity (Wildman–Crippen MR) is 67.8 cm³/mol. The summed E-state index contributed by atoms with van der Waals surface area (Å²) >= 11 is 0. The molecule has 102 valence electrons. The summed E-state index contributed by atoms with van der Waals surface area (Å²) in [5, 5.41) is 0. The number of carbonyl (C=O) groups is 1. The summed E-state index contributed by atoms with van der Waals surface area (Å²) in [5.74, 6) is -0.396. The molecule has 1 unspecified atom stereocenters. The van der Waals surface area contributed by atoms with Crippen LogP contribution in [0.15, 0.2) is 10.9 Å². The van der Waals surface area contributed by atoms with Gasteiger partial charge in [-0.15, -0.1) is 0 Å². The van der Waals surface area contributed by atoms with Crippen molar-refractivity contribution in [3.8, 4) is 0 Å². The third-order valence-corrected chi connectivity index (χ3v) is 4.26. The summed E-state index contributed by atoms with van der Waals surface area (Å²) in [6, 6.07) is 1.96. The molecule has 0 radical (unpaired) electrons. The first-order valence-electron chi connectivity index (χ1n) is 6.62. The maximum Gasteiger partial charge on any atom is 0.343 e. The maximum atomic E-state index is 12.4. The molecule has 5 nitrogen and oxygen atoms in total. The van der Waals surface area contributed by atoms with Crippen LogP contribution in [-0.2, 0) is 39.4 Å². The van der Waals surface area contributed by atoms with E-state index in [9.17, 15) is 9.59 Å². The minimum absolute atomic E-state index is 0.0348. The molecule has 1 aromatic rings. The Labute approximate surface area is 111 Å². The fourth-order valence-electron chi connectivity index (χ4n) is 3.15. The molecule has 0 saturated heterocycles. The molecule has 0 fully saturated rings. The second kappa shape index (κ2) is 4.20. The summed E-state index contributed by atoms with van der Waals surface area (Å²) < 4.78 is 12.4. The molecule has 1 atom stereocenters. The Hall–Kier alpha value is -1.62. The van der Waals surface area contributed by atoms with Crippen molar-refractivity contribution in [2.24, 2.45) is 0 Å². The molecule has 1 aromatic heterocycles. The van der Waals surface area contributed by atoms with Crippen LogP contribution in [0.25, 0.3) is 0 Å². The zero-order valence-electron chi connectivity index (χ0n) is 11.2. The first kappa shape index (κ1) is 12.4. The Morgan fingerprint density at radius 2 is 2.26 bits per heavy atom. The number of cyclic esters (lactones) is 1. The number of nitrogens with zero attached hydrogens (tertiary/aromatic N) is 1. The number of hydrogen-bond acceptors (Lipinski definition) is 4. The van der Waals surface area contributed by atoms with Crippen LogP contribution < -0.4 is 5.56 Å². The molecule has 0 aromatic carbocycles. The summed E-state index contributed by atoms with van der Waals surface area (Å²) in [4.78, 5) is 24.5. The molecule has 0 N–H and O–H groups in total. The second-order valence-electron chi connectivity index (χ2n) is 5.05. The highest BCUT2D eigenvalue weighted by molar-refractivity contribution is 5.83. The largest absolute Gasteiger partial charge is 0.458 e. The lowest BCUT2D eigenvalue weighted by Crippen LogP contribution is -2.45. The van der Waals surface area contributed by atoms with E-state index < -0.39 is 11.6 Å². The van der Waals surface area contributed by atoms with Crippen molar-refractivity contribution < 1.29 is 14.3 Å². The summed E-state index contributed by atoms with van der Waals surface area (Å²) in [6.07, 6.45) is 2.30. The lowest BCUT2D eigenvalue weighted by atomic mass is 9.85. The molecule has 0 spiro atoms. The van der Waals surface area contributed by atoms with Crippen molar-refractivity contribution in [3.05, 3.63) is 33.2 Å². The number of pyridine rings is 1. The summed E-state index contributed by atoms with van der Waals surface area (Å²) in [6.45, 7) is 2.67. The van der Waals surface area contributed by atoms with Crippen LogP contribution in [0, 0.1) is 0 Å². The number of fused-ring (bicyclic) bond motifs is 2. The van der Waals surface area contributed by atoms with Crippen molar-refractivity contribution in [1.82, 2.24) is 4.57 Å². The van der Waals surface area contributed by atoms with E-state index in [1.54, 1.807) is 4.57 Å². The fraction of sp³-hybridized carbons (Fsp3) is 0.571. The van der Waals surface area contributed by atoms with Gasteiger partial charge in [0.15, 0.2) is 5.60 Å². The minimum atomic E-state index is -1.12. The first-order chi connectivity index (χ1) is 9.14. The second-order valence-corrected chi connectivity index (χ2v) is 5.05. The Morgan fingerprint density at radius 1 is 1.47 bits per heavy atom. The minimum Gasteiger partial charge on any atom is -0.458 e. The zero-order valence-corrected chi connectivity index (χ0v) is 11.2. The summed E-state index contributed by atoms with van der Waals surface area (Å²) in [5.41, 5.74) is 1.10. The Balaban J connectivity index is 2.30. The molecule has 5 heteroatoms. The van der Waals surface area contributed by atoms with Gasteiger partial charge in [-0.3, -0.25) is 4.79 Å². The van der Waals surface area contributed by atoms with Gasteiger partial charge in [-0.2, -0.15) is 0 Å². The zero-order chi connectivity index (χ0) is 13.6. The molecular formula is C14H17NO4. The van der Waals surface area contributed by atoms with Crippen LogP contribution in [0.5, 0.6) is 0 Å². The van der Waals surface area contributed by atoms with E-state index in [0.29, 0.717) is 17.5 Å². The highest BCUT2D eigenvalue weighted by Gasteiger charge is 2.46. The van der Waals surface area contributed by atoms with Crippen molar-refractivity contribution in [3.63, 3.8) is 0 Å². The van der Waals surface area contributed by atoms with Crippen molar-refractivity contribution >= 4 is 5.97 Å². The van der Waals surface area contributed by atoms with Crippen LogP contribution in [0.1, 0.15) is 36.6 Å². The van der Waals surface area contributed by atoms with Crippen LogP contribution in [-0.4, -0.2) is 17.6 Å². The van der Waals surface area contributed by atoms with Gasteiger partial charge in [0.25, 0.3) is 5.56 Å². The highest BCUT2D eigenvalue weighted by Crippen LogP contribution is 2.37. The lowest BCUT2D eigenvalue weighted by Gasteiger charge is -2.35. The monoisotopic (exact) mass is 263 g/mol. The number of aryl methyl sites for hydroxylation is 1. The van der Waals surface area contributed by atoms with Crippen LogP contribution in [0.2, 0.25) is 0 Å². The molecule has 0 saturated carbocycles. The molecule has 0 bridgehead atoms. The molecule has 2 aliphatic heterocycles. The van der Waals surface area contributed by atoms with Crippen LogP contribution in [0.4, 0.5) is 0 Å². The fourth-order valence-corrected chi connectivity index (χ4v) is 3.15. The first-order valence-corrected chi connectivity index (χ1v) is 6.62. The number of carbonyl (C=O) groups excluding carboxylic acids is 1. The number of rotatable bonds is 2. The molecular weight excluding hydrogens is 246 g/mol. The van der Waals surface area contributed by atoms with Gasteiger partial charge in [-0.25, -0.2) is 4.79 Å². The van der Waals surface area contributed by atoms with Crippen LogP contribution >= 0.6 is 0 Å². The number of methoxy groups -OCH3 is 1. The van der Waals surface area contributed by atoms with Gasteiger partial charge in [0.05, 0.1) is 5.56 Å². The molecule has 19 heavy (non-hydrogen) atoms. The van der Waals surface area contributed by atoms with Crippen molar-refractivity contribution in [2.45, 2.75) is 44.9 Å². The molecule has 3 heterocycles. The quantitative estimate of drug-likeness (QED) is 0.750. The highest BCUT2D eigenvalue weighted by atomic mass is 16.6.